The summed E-state index contributed by atoms with van der Waals surface area (Å²) in [4.78, 5) is 0. The summed E-state index contributed by atoms with van der Waals surface area (Å²) in [6, 6.07) is 14.7. The van der Waals surface area contributed by atoms with Gasteiger partial charge in [-0.3, -0.25) is 0 Å². The Morgan fingerprint density at radius 1 is 0.947 bits per heavy atom. The zero-order chi connectivity index (χ0) is 13.9. The molecule has 2 aromatic rings. The fourth-order valence-electron chi connectivity index (χ4n) is 1.86. The molecule has 0 aliphatic carbocycles. The van der Waals surface area contributed by atoms with E-state index in [1.807, 2.05) is 30.3 Å². The molecule has 1 atom stereocenters. The summed E-state index contributed by atoms with van der Waals surface area (Å²) in [6.45, 7) is -1.26. The fraction of sp³-hybridized carbons (Fsp3) is 0.200. The van der Waals surface area contributed by atoms with Crippen molar-refractivity contribution in [3.05, 3.63) is 60.2 Å². The Morgan fingerprint density at radius 2 is 1.47 bits per heavy atom. The molecule has 100 valence electrons. The van der Waals surface area contributed by atoms with Gasteiger partial charge >= 0.3 is 0 Å². The number of hydrogen-bond donors (Lipinski definition) is 2. The third-order valence-electron chi connectivity index (χ3n) is 3.04. The Kier molecular flexibility index (Phi) is 3.93. The maximum absolute atomic E-state index is 13.3. The van der Waals surface area contributed by atoms with Crippen molar-refractivity contribution < 1.29 is 13.9 Å². The lowest BCUT2D eigenvalue weighted by Crippen LogP contribution is -2.36. The molecule has 0 spiro atoms. The summed E-state index contributed by atoms with van der Waals surface area (Å²) in [6.07, 6.45) is 0. The molecular weight excluding hydrogens is 248 g/mol. The van der Waals surface area contributed by atoms with Crippen LogP contribution >= 0.6 is 0 Å². The molecule has 0 heterocycles. The van der Waals surface area contributed by atoms with Gasteiger partial charge in [0, 0.05) is 0 Å². The Morgan fingerprint density at radius 3 is 2.00 bits per heavy atom. The van der Waals surface area contributed by atoms with Gasteiger partial charge in [-0.25, -0.2) is 8.78 Å². The fourth-order valence-corrected chi connectivity index (χ4v) is 1.86. The molecule has 2 rings (SSSR count). The van der Waals surface area contributed by atoms with Gasteiger partial charge in [-0.15, -0.1) is 0 Å². The predicted octanol–water partition coefficient (Wildman–Crippen LogP) is 2.98. The molecule has 3 N–H and O–H groups in total. The van der Waals surface area contributed by atoms with Gasteiger partial charge in [0.15, 0.2) is 0 Å². The molecule has 0 saturated carbocycles. The first kappa shape index (κ1) is 13.6. The van der Waals surface area contributed by atoms with Crippen LogP contribution in [0.25, 0.3) is 11.1 Å². The van der Waals surface area contributed by atoms with Gasteiger partial charge in [0.25, 0.3) is 5.92 Å². The molecule has 0 aromatic heterocycles. The van der Waals surface area contributed by atoms with Crippen molar-refractivity contribution in [1.82, 2.24) is 0 Å². The van der Waals surface area contributed by atoms with E-state index in [1.54, 1.807) is 24.3 Å². The molecule has 0 unspecified atom stereocenters. The van der Waals surface area contributed by atoms with Crippen LogP contribution in [0.1, 0.15) is 11.6 Å². The first-order valence-corrected chi connectivity index (χ1v) is 5.94. The molecule has 0 radical (unpaired) electrons. The van der Waals surface area contributed by atoms with Gasteiger partial charge in [-0.1, -0.05) is 54.6 Å². The monoisotopic (exact) mass is 263 g/mol. The Labute approximate surface area is 110 Å². The smallest absolute Gasteiger partial charge is 0.289 e. The van der Waals surface area contributed by atoms with Crippen LogP contribution in [-0.4, -0.2) is 17.6 Å². The number of rotatable bonds is 4. The second-order valence-corrected chi connectivity index (χ2v) is 4.38. The maximum Gasteiger partial charge on any atom is 0.289 e. The van der Waals surface area contributed by atoms with E-state index in [2.05, 4.69) is 0 Å². The van der Waals surface area contributed by atoms with Crippen molar-refractivity contribution >= 4 is 0 Å². The van der Waals surface area contributed by atoms with Gasteiger partial charge in [0.1, 0.15) is 6.61 Å². The summed E-state index contributed by atoms with van der Waals surface area (Å²) in [5.74, 6) is -3.31. The standard InChI is InChI=1S/C15H15F2NO/c16-15(17,10-19)14(18)13-8-6-12(7-9-13)11-4-2-1-3-5-11/h1-9,14,19H,10,18H2/t14-/m0/s1. The lowest BCUT2D eigenvalue weighted by molar-refractivity contribution is -0.0711. The van der Waals surface area contributed by atoms with Gasteiger partial charge in [-0.2, -0.15) is 0 Å². The number of hydrogen-bond acceptors (Lipinski definition) is 2. The minimum absolute atomic E-state index is 0.304. The van der Waals surface area contributed by atoms with Crippen molar-refractivity contribution in [2.75, 3.05) is 6.61 Å². The van der Waals surface area contributed by atoms with E-state index in [-0.39, 0.29) is 0 Å². The average Bonchev–Trinajstić information content (AvgIpc) is 2.47. The number of alkyl halides is 2. The molecule has 0 aliphatic heterocycles. The van der Waals surface area contributed by atoms with Crippen molar-refractivity contribution in [3.8, 4) is 11.1 Å². The lowest BCUT2D eigenvalue weighted by atomic mass is 9.98. The first-order chi connectivity index (χ1) is 9.04. The van der Waals surface area contributed by atoms with Gasteiger partial charge < -0.3 is 10.8 Å². The van der Waals surface area contributed by atoms with E-state index in [0.717, 1.165) is 11.1 Å². The predicted molar refractivity (Wildman–Crippen MR) is 70.8 cm³/mol. The number of aliphatic hydroxyl groups excluding tert-OH is 1. The Bertz CT molecular complexity index is 526. The van der Waals surface area contributed by atoms with Crippen LogP contribution in [0.15, 0.2) is 54.6 Å². The number of aliphatic hydroxyl groups is 1. The highest BCUT2D eigenvalue weighted by atomic mass is 19.3. The van der Waals surface area contributed by atoms with E-state index in [0.29, 0.717) is 5.56 Å². The Balaban J connectivity index is 2.24. The highest BCUT2D eigenvalue weighted by Crippen LogP contribution is 2.30. The van der Waals surface area contributed by atoms with Crippen LogP contribution in [0.5, 0.6) is 0 Å². The summed E-state index contributed by atoms with van der Waals surface area (Å²) < 4.78 is 26.6. The lowest BCUT2D eigenvalue weighted by Gasteiger charge is -2.21. The summed E-state index contributed by atoms with van der Waals surface area (Å²) in [7, 11) is 0. The molecule has 0 aliphatic rings. The van der Waals surface area contributed by atoms with Gasteiger partial charge in [0.05, 0.1) is 6.04 Å². The minimum Gasteiger partial charge on any atom is -0.390 e. The minimum atomic E-state index is -3.31. The quantitative estimate of drug-likeness (QED) is 0.890. The molecule has 2 nitrogen and oxygen atoms in total. The maximum atomic E-state index is 13.3. The average molecular weight is 263 g/mol. The first-order valence-electron chi connectivity index (χ1n) is 5.94. The number of nitrogens with two attached hydrogens (primary N) is 1. The number of benzene rings is 2. The van der Waals surface area contributed by atoms with Gasteiger partial charge in [-0.05, 0) is 16.7 Å². The molecule has 0 fully saturated rings. The second-order valence-electron chi connectivity index (χ2n) is 4.38. The van der Waals surface area contributed by atoms with Gasteiger partial charge in [0.2, 0.25) is 0 Å². The summed E-state index contributed by atoms with van der Waals surface area (Å²) >= 11 is 0. The van der Waals surface area contributed by atoms with Crippen LogP contribution in [0.4, 0.5) is 8.78 Å². The molecule has 0 bridgehead atoms. The van der Waals surface area contributed by atoms with Crippen LogP contribution < -0.4 is 5.73 Å². The van der Waals surface area contributed by atoms with E-state index in [4.69, 9.17) is 10.8 Å². The molecule has 4 heteroatoms. The van der Waals surface area contributed by atoms with Crippen LogP contribution in [0.2, 0.25) is 0 Å². The van der Waals surface area contributed by atoms with Crippen molar-refractivity contribution in [3.63, 3.8) is 0 Å². The molecule has 0 amide bonds. The SMILES string of the molecule is N[C@@H](c1ccc(-c2ccccc2)cc1)C(F)(F)CO. The highest BCUT2D eigenvalue weighted by Gasteiger charge is 2.37. The molecular formula is C15H15F2NO. The van der Waals surface area contributed by atoms with E-state index >= 15 is 0 Å². The molecule has 0 saturated heterocycles. The zero-order valence-corrected chi connectivity index (χ0v) is 10.3. The zero-order valence-electron chi connectivity index (χ0n) is 10.3. The molecule has 2 aromatic carbocycles. The third kappa shape index (κ3) is 2.97. The topological polar surface area (TPSA) is 46.2 Å². The Hall–Kier alpha value is -1.78. The summed E-state index contributed by atoms with van der Waals surface area (Å²) in [5.41, 5.74) is 7.71. The number of halogens is 2. The van der Waals surface area contributed by atoms with E-state index in [1.165, 1.54) is 0 Å². The van der Waals surface area contributed by atoms with Crippen LogP contribution in [-0.2, 0) is 0 Å². The highest BCUT2D eigenvalue weighted by molar-refractivity contribution is 5.63. The molecule has 19 heavy (non-hydrogen) atoms. The van der Waals surface area contributed by atoms with Crippen LogP contribution in [0.3, 0.4) is 0 Å². The van der Waals surface area contributed by atoms with Crippen molar-refractivity contribution in [2.24, 2.45) is 5.73 Å². The third-order valence-corrected chi connectivity index (χ3v) is 3.04. The summed E-state index contributed by atoms with van der Waals surface area (Å²) in [5, 5.41) is 8.63. The van der Waals surface area contributed by atoms with E-state index in [9.17, 15) is 8.78 Å². The van der Waals surface area contributed by atoms with Crippen molar-refractivity contribution in [2.45, 2.75) is 12.0 Å². The van der Waals surface area contributed by atoms with Crippen molar-refractivity contribution in [1.29, 1.82) is 0 Å². The largest absolute Gasteiger partial charge is 0.390 e. The van der Waals surface area contributed by atoms with Crippen LogP contribution in [0, 0.1) is 0 Å². The normalized spacial score (nSPS) is 13.3. The second kappa shape index (κ2) is 5.47. The van der Waals surface area contributed by atoms with E-state index < -0.39 is 18.6 Å².